The number of nitrogens with one attached hydrogen (secondary N) is 1. The van der Waals surface area contributed by atoms with E-state index in [0.29, 0.717) is 11.8 Å². The van der Waals surface area contributed by atoms with Gasteiger partial charge in [-0.25, -0.2) is 0 Å². The van der Waals surface area contributed by atoms with Crippen LogP contribution in [0.1, 0.15) is 48.9 Å². The van der Waals surface area contributed by atoms with E-state index in [9.17, 15) is 9.90 Å². The molecular weight excluding hydrogens is 270 g/mol. The second kappa shape index (κ2) is 5.49. The van der Waals surface area contributed by atoms with Crippen molar-refractivity contribution in [3.8, 4) is 0 Å². The van der Waals surface area contributed by atoms with Crippen molar-refractivity contribution in [3.63, 3.8) is 0 Å². The first-order valence-electron chi connectivity index (χ1n) is 7.67. The second-order valence-corrected chi connectivity index (χ2v) is 7.47. The molecule has 0 radical (unpaired) electrons. The van der Waals surface area contributed by atoms with Crippen molar-refractivity contribution in [3.05, 3.63) is 21.9 Å². The molecule has 0 spiro atoms. The predicted octanol–water partition coefficient (Wildman–Crippen LogP) is 3.46. The van der Waals surface area contributed by atoms with Crippen molar-refractivity contribution in [2.75, 3.05) is 0 Å². The van der Waals surface area contributed by atoms with E-state index < -0.39 is 5.97 Å². The number of carbonyl (C=O) groups is 1. The van der Waals surface area contributed by atoms with Crippen molar-refractivity contribution in [2.24, 2.45) is 17.8 Å². The Balaban J connectivity index is 1.71. The van der Waals surface area contributed by atoms with Gasteiger partial charge in [0.1, 0.15) is 0 Å². The molecule has 2 N–H and O–H groups in total. The molecule has 2 saturated carbocycles. The van der Waals surface area contributed by atoms with Crippen LogP contribution in [0.15, 0.2) is 12.1 Å². The van der Waals surface area contributed by atoms with Gasteiger partial charge in [-0.15, -0.1) is 11.3 Å². The van der Waals surface area contributed by atoms with Gasteiger partial charge in [0, 0.05) is 21.8 Å². The van der Waals surface area contributed by atoms with E-state index in [1.807, 2.05) is 11.3 Å². The summed E-state index contributed by atoms with van der Waals surface area (Å²) >= 11 is 1.84. The molecule has 5 unspecified atom stereocenters. The van der Waals surface area contributed by atoms with Gasteiger partial charge in [-0.05, 0) is 56.6 Å². The molecule has 3 rings (SSSR count). The van der Waals surface area contributed by atoms with Crippen LogP contribution in [-0.2, 0) is 11.2 Å². The van der Waals surface area contributed by atoms with E-state index in [1.165, 1.54) is 16.2 Å². The zero-order chi connectivity index (χ0) is 14.3. The van der Waals surface area contributed by atoms with Gasteiger partial charge >= 0.3 is 5.97 Å². The largest absolute Gasteiger partial charge is 0.481 e. The van der Waals surface area contributed by atoms with Crippen molar-refractivity contribution in [2.45, 2.75) is 51.6 Å². The Kier molecular flexibility index (Phi) is 3.87. The van der Waals surface area contributed by atoms with Gasteiger partial charge in [0.15, 0.2) is 0 Å². The highest BCUT2D eigenvalue weighted by Crippen LogP contribution is 2.49. The average molecular weight is 293 g/mol. The first-order chi connectivity index (χ1) is 9.60. The van der Waals surface area contributed by atoms with Crippen molar-refractivity contribution < 1.29 is 9.90 Å². The summed E-state index contributed by atoms with van der Waals surface area (Å²) in [5, 5.41) is 13.1. The van der Waals surface area contributed by atoms with Gasteiger partial charge in [-0.1, -0.05) is 6.92 Å². The zero-order valence-electron chi connectivity index (χ0n) is 12.1. The predicted molar refractivity (Wildman–Crippen MR) is 81.0 cm³/mol. The fourth-order valence-electron chi connectivity index (χ4n) is 4.07. The molecule has 0 saturated heterocycles. The Morgan fingerprint density at radius 1 is 1.45 bits per heavy atom. The number of carboxylic acid groups (broad SMARTS) is 1. The lowest BCUT2D eigenvalue weighted by atomic mass is 9.84. The average Bonchev–Trinajstić information content (AvgIpc) is 3.13. The van der Waals surface area contributed by atoms with Gasteiger partial charge in [0.25, 0.3) is 0 Å². The summed E-state index contributed by atoms with van der Waals surface area (Å²) in [4.78, 5) is 14.3. The van der Waals surface area contributed by atoms with E-state index in [2.05, 4.69) is 31.3 Å². The van der Waals surface area contributed by atoms with Gasteiger partial charge in [-0.2, -0.15) is 0 Å². The van der Waals surface area contributed by atoms with Crippen LogP contribution in [0.3, 0.4) is 0 Å². The second-order valence-electron chi connectivity index (χ2n) is 6.27. The van der Waals surface area contributed by atoms with Crippen molar-refractivity contribution >= 4 is 17.3 Å². The van der Waals surface area contributed by atoms with Gasteiger partial charge in [-0.3, -0.25) is 4.79 Å². The van der Waals surface area contributed by atoms with Crippen LogP contribution in [-0.4, -0.2) is 17.1 Å². The number of thiophene rings is 1. The molecule has 3 nitrogen and oxygen atoms in total. The zero-order valence-corrected chi connectivity index (χ0v) is 13.0. The van der Waals surface area contributed by atoms with E-state index in [-0.39, 0.29) is 18.0 Å². The van der Waals surface area contributed by atoms with Crippen LogP contribution in [0.2, 0.25) is 0 Å². The molecule has 2 bridgehead atoms. The molecule has 0 aromatic carbocycles. The monoisotopic (exact) mass is 293 g/mol. The van der Waals surface area contributed by atoms with Gasteiger partial charge in [0.2, 0.25) is 0 Å². The summed E-state index contributed by atoms with van der Waals surface area (Å²) in [6.45, 7) is 4.33. The fourth-order valence-corrected chi connectivity index (χ4v) is 5.04. The Bertz CT molecular complexity index is 498. The molecule has 110 valence electrons. The van der Waals surface area contributed by atoms with Crippen molar-refractivity contribution in [1.29, 1.82) is 0 Å². The molecule has 20 heavy (non-hydrogen) atoms. The van der Waals surface area contributed by atoms with Crippen LogP contribution < -0.4 is 5.32 Å². The number of fused-ring (bicyclic) bond motifs is 2. The molecule has 0 aliphatic heterocycles. The Hall–Kier alpha value is -0.870. The summed E-state index contributed by atoms with van der Waals surface area (Å²) in [6, 6.07) is 4.79. The first-order valence-corrected chi connectivity index (χ1v) is 8.49. The molecule has 2 fully saturated rings. The number of rotatable bonds is 5. The third-order valence-corrected chi connectivity index (χ3v) is 6.51. The maximum absolute atomic E-state index is 11.5. The highest BCUT2D eigenvalue weighted by atomic mass is 32.1. The van der Waals surface area contributed by atoms with Crippen LogP contribution in [0.4, 0.5) is 0 Å². The SMILES string of the molecule is CCc1ccc(C(C)NC2C3CCC(C3)C2C(=O)O)s1. The summed E-state index contributed by atoms with van der Waals surface area (Å²) in [5.74, 6) is 0.176. The third-order valence-electron chi connectivity index (χ3n) is 5.10. The number of hydrogen-bond acceptors (Lipinski definition) is 3. The molecule has 4 heteroatoms. The molecule has 1 aromatic heterocycles. The van der Waals surface area contributed by atoms with Gasteiger partial charge < -0.3 is 10.4 Å². The fraction of sp³-hybridized carbons (Fsp3) is 0.688. The molecule has 0 amide bonds. The summed E-state index contributed by atoms with van der Waals surface area (Å²) < 4.78 is 0. The number of aliphatic carboxylic acids is 1. The van der Waals surface area contributed by atoms with E-state index in [0.717, 1.165) is 19.3 Å². The van der Waals surface area contributed by atoms with Gasteiger partial charge in [0.05, 0.1) is 5.92 Å². The molecule has 5 atom stereocenters. The van der Waals surface area contributed by atoms with Crippen LogP contribution in [0.5, 0.6) is 0 Å². The molecule has 2 aliphatic rings. The maximum atomic E-state index is 11.5. The molecular formula is C16H23NO2S. The summed E-state index contributed by atoms with van der Waals surface area (Å²) in [5.41, 5.74) is 0. The highest BCUT2D eigenvalue weighted by Gasteiger charge is 2.51. The lowest BCUT2D eigenvalue weighted by Gasteiger charge is -2.31. The van der Waals surface area contributed by atoms with E-state index >= 15 is 0 Å². The first kappa shape index (κ1) is 14.1. The standard InChI is InChI=1S/C16H23NO2S/c1-3-12-6-7-13(20-12)9(2)17-15-11-5-4-10(8-11)14(15)16(18)19/h6-7,9-11,14-15,17H,3-5,8H2,1-2H3,(H,18,19). The third kappa shape index (κ3) is 2.40. The minimum atomic E-state index is -0.609. The lowest BCUT2D eigenvalue weighted by molar-refractivity contribution is -0.144. The Labute approximate surface area is 124 Å². The normalized spacial score (nSPS) is 33.5. The van der Waals surface area contributed by atoms with E-state index in [4.69, 9.17) is 0 Å². The Morgan fingerprint density at radius 3 is 2.85 bits per heavy atom. The quantitative estimate of drug-likeness (QED) is 0.874. The Morgan fingerprint density at radius 2 is 2.20 bits per heavy atom. The number of aryl methyl sites for hydroxylation is 1. The number of carboxylic acids is 1. The topological polar surface area (TPSA) is 49.3 Å². The van der Waals surface area contributed by atoms with E-state index in [1.54, 1.807) is 0 Å². The van der Waals surface area contributed by atoms with Crippen LogP contribution in [0, 0.1) is 17.8 Å². The molecule has 2 aliphatic carbocycles. The minimum absolute atomic E-state index is 0.161. The summed E-state index contributed by atoms with van der Waals surface area (Å²) in [7, 11) is 0. The smallest absolute Gasteiger partial charge is 0.308 e. The summed E-state index contributed by atoms with van der Waals surface area (Å²) in [6.07, 6.45) is 4.48. The highest BCUT2D eigenvalue weighted by molar-refractivity contribution is 7.12. The van der Waals surface area contributed by atoms with Crippen LogP contribution >= 0.6 is 11.3 Å². The van der Waals surface area contributed by atoms with Crippen molar-refractivity contribution in [1.82, 2.24) is 5.32 Å². The maximum Gasteiger partial charge on any atom is 0.308 e. The molecule has 1 heterocycles. The van der Waals surface area contributed by atoms with Crippen LogP contribution in [0.25, 0.3) is 0 Å². The number of hydrogen-bond donors (Lipinski definition) is 2. The minimum Gasteiger partial charge on any atom is -0.481 e. The molecule has 1 aromatic rings. The lowest BCUT2D eigenvalue weighted by Crippen LogP contribution is -2.45.